The largest absolute Gasteiger partial charge is 0.477 e. The zero-order valence-corrected chi connectivity index (χ0v) is 13.7. The van der Waals surface area contributed by atoms with Gasteiger partial charge in [0.1, 0.15) is 6.04 Å². The molecule has 2 rings (SSSR count). The van der Waals surface area contributed by atoms with Gasteiger partial charge in [0.05, 0.1) is 6.61 Å². The maximum Gasteiger partial charge on any atom is 0.366 e. The fourth-order valence-electron chi connectivity index (χ4n) is 2.26. The highest BCUT2D eigenvalue weighted by Gasteiger charge is 2.40. The molecule has 0 spiro atoms. The normalized spacial score (nSPS) is 14.8. The lowest BCUT2D eigenvalue weighted by Gasteiger charge is -2.30. The molecule has 130 valence electrons. The molecule has 0 radical (unpaired) electrons. The molecule has 0 aliphatic carbocycles. The number of fused-ring (bicyclic) bond motifs is 1. The number of aromatic nitrogens is 1. The van der Waals surface area contributed by atoms with Crippen molar-refractivity contribution in [1.82, 2.24) is 4.98 Å². The number of anilines is 1. The monoisotopic (exact) mass is 337 g/mol. The van der Waals surface area contributed by atoms with Crippen molar-refractivity contribution in [1.29, 1.82) is 0 Å². The van der Waals surface area contributed by atoms with E-state index >= 15 is 0 Å². The summed E-state index contributed by atoms with van der Waals surface area (Å²) in [7, 11) is 0. The zero-order valence-electron chi connectivity index (χ0n) is 13.7. The summed E-state index contributed by atoms with van der Waals surface area (Å²) in [5.74, 6) is -1.16. The fourth-order valence-corrected chi connectivity index (χ4v) is 2.26. The average molecular weight is 337 g/mol. The molecule has 1 aromatic rings. The maximum atomic E-state index is 12.3. The van der Waals surface area contributed by atoms with Crippen molar-refractivity contribution in [2.45, 2.75) is 33.2 Å². The molecule has 0 fully saturated rings. The first kappa shape index (κ1) is 17.6. The number of carbonyl (C=O) groups is 2. The number of carbonyl (C=O) groups excluding carboxylic acids is 2. The maximum absolute atomic E-state index is 12.3. The topological polar surface area (TPSA) is 112 Å². The van der Waals surface area contributed by atoms with E-state index in [4.69, 9.17) is 9.47 Å². The van der Waals surface area contributed by atoms with Crippen molar-refractivity contribution < 1.29 is 24.0 Å². The number of pyridine rings is 1. The number of nitrogens with zero attached hydrogens (tertiary/aromatic N) is 3. The lowest BCUT2D eigenvalue weighted by atomic mass is 10.1. The summed E-state index contributed by atoms with van der Waals surface area (Å²) >= 11 is 0. The number of ether oxygens (including phenoxy) is 2. The number of rotatable bonds is 6. The van der Waals surface area contributed by atoms with E-state index in [1.54, 1.807) is 6.92 Å². The van der Waals surface area contributed by atoms with E-state index in [2.05, 4.69) is 4.98 Å². The Bertz CT molecular complexity index is 661. The molecular weight excluding hydrogens is 318 g/mol. The molecule has 1 unspecified atom stereocenters. The van der Waals surface area contributed by atoms with E-state index < -0.39 is 28.7 Å². The molecule has 9 heteroatoms. The van der Waals surface area contributed by atoms with Crippen molar-refractivity contribution in [3.05, 3.63) is 22.2 Å². The Morgan fingerprint density at radius 3 is 2.79 bits per heavy atom. The minimum atomic E-state index is -0.909. The Labute approximate surface area is 138 Å². The van der Waals surface area contributed by atoms with E-state index in [0.717, 1.165) is 4.90 Å². The van der Waals surface area contributed by atoms with Crippen molar-refractivity contribution in [2.75, 3.05) is 18.1 Å². The first-order valence-electron chi connectivity index (χ1n) is 7.62. The van der Waals surface area contributed by atoms with Gasteiger partial charge in [0.15, 0.2) is 12.4 Å². The van der Waals surface area contributed by atoms with Crippen LogP contribution < -0.4 is 9.64 Å². The molecule has 2 heterocycles. The Morgan fingerprint density at radius 2 is 2.21 bits per heavy atom. The summed E-state index contributed by atoms with van der Waals surface area (Å²) in [4.78, 5) is 39.9. The highest BCUT2D eigenvalue weighted by molar-refractivity contribution is 6.02. The van der Waals surface area contributed by atoms with Gasteiger partial charge in [-0.25, -0.2) is 4.79 Å². The minimum Gasteiger partial charge on any atom is -0.477 e. The third-order valence-electron chi connectivity index (χ3n) is 3.39. The standard InChI is InChI=1S/C15H19N3O6/c1-4-10(15(20)24-7-9(2)3)17-13(19)8-23-11-5-6-12(18(21)22)16-14(11)17/h5-6,9-10H,4,7-8H2,1-3H3. The second-order valence-corrected chi connectivity index (χ2v) is 5.75. The van der Waals surface area contributed by atoms with Crippen LogP contribution in [-0.2, 0) is 14.3 Å². The number of esters is 1. The predicted octanol–water partition coefficient (Wildman–Crippen LogP) is 1.69. The molecule has 1 aliphatic heterocycles. The van der Waals surface area contributed by atoms with Crippen LogP contribution in [0.3, 0.4) is 0 Å². The summed E-state index contributed by atoms with van der Waals surface area (Å²) in [5.41, 5.74) is 0. The van der Waals surface area contributed by atoms with Gasteiger partial charge in [-0.15, -0.1) is 0 Å². The van der Waals surface area contributed by atoms with E-state index in [0.29, 0.717) is 0 Å². The highest BCUT2D eigenvalue weighted by Crippen LogP contribution is 2.34. The molecule has 0 N–H and O–H groups in total. The fraction of sp³-hybridized carbons (Fsp3) is 0.533. The van der Waals surface area contributed by atoms with Gasteiger partial charge >= 0.3 is 11.8 Å². The molecule has 0 aromatic carbocycles. The molecule has 24 heavy (non-hydrogen) atoms. The van der Waals surface area contributed by atoms with Crippen LogP contribution in [0.2, 0.25) is 0 Å². The van der Waals surface area contributed by atoms with Crippen LogP contribution in [0, 0.1) is 16.0 Å². The molecule has 0 saturated heterocycles. The van der Waals surface area contributed by atoms with Gasteiger partial charge in [-0.2, -0.15) is 0 Å². The van der Waals surface area contributed by atoms with Crippen LogP contribution in [0.1, 0.15) is 27.2 Å². The number of amides is 1. The quantitative estimate of drug-likeness (QED) is 0.441. The van der Waals surface area contributed by atoms with E-state index in [9.17, 15) is 19.7 Å². The van der Waals surface area contributed by atoms with Crippen LogP contribution in [-0.4, -0.2) is 41.0 Å². The van der Waals surface area contributed by atoms with Crippen molar-refractivity contribution in [3.63, 3.8) is 0 Å². The average Bonchev–Trinajstić information content (AvgIpc) is 2.54. The smallest absolute Gasteiger partial charge is 0.366 e. The molecule has 0 bridgehead atoms. The molecule has 9 nitrogen and oxygen atoms in total. The molecule has 0 saturated carbocycles. The number of hydrogen-bond acceptors (Lipinski definition) is 7. The molecule has 1 aliphatic rings. The summed E-state index contributed by atoms with van der Waals surface area (Å²) in [6.45, 7) is 5.48. The van der Waals surface area contributed by atoms with Crippen LogP contribution in [0.4, 0.5) is 11.6 Å². The summed E-state index contributed by atoms with van der Waals surface area (Å²) in [6, 6.07) is 1.64. The van der Waals surface area contributed by atoms with Crippen molar-refractivity contribution in [3.8, 4) is 5.75 Å². The number of nitro groups is 1. The summed E-state index contributed by atoms with van der Waals surface area (Å²) in [6.07, 6.45) is 0.284. The van der Waals surface area contributed by atoms with Gasteiger partial charge in [0.25, 0.3) is 11.7 Å². The molecule has 1 amide bonds. The molecular formula is C15H19N3O6. The zero-order chi connectivity index (χ0) is 17.9. The Kier molecular flexibility index (Phi) is 5.32. The summed E-state index contributed by atoms with van der Waals surface area (Å²) in [5, 5.41) is 10.9. The van der Waals surface area contributed by atoms with Crippen LogP contribution in [0.25, 0.3) is 0 Å². The van der Waals surface area contributed by atoms with Crippen molar-refractivity contribution in [2.24, 2.45) is 5.92 Å². The van der Waals surface area contributed by atoms with Crippen LogP contribution in [0.15, 0.2) is 12.1 Å². The molecule has 1 aromatic heterocycles. The second kappa shape index (κ2) is 7.24. The summed E-state index contributed by atoms with van der Waals surface area (Å²) < 4.78 is 10.5. The van der Waals surface area contributed by atoms with Crippen LogP contribution in [0.5, 0.6) is 5.75 Å². The third-order valence-corrected chi connectivity index (χ3v) is 3.39. The van der Waals surface area contributed by atoms with Crippen molar-refractivity contribution >= 4 is 23.5 Å². The lowest BCUT2D eigenvalue weighted by molar-refractivity contribution is -0.389. The first-order chi connectivity index (χ1) is 11.3. The van der Waals surface area contributed by atoms with E-state index in [1.807, 2.05) is 13.8 Å². The van der Waals surface area contributed by atoms with Gasteiger partial charge < -0.3 is 19.6 Å². The minimum absolute atomic E-state index is 0.0335. The van der Waals surface area contributed by atoms with Gasteiger partial charge in [-0.1, -0.05) is 20.8 Å². The Morgan fingerprint density at radius 1 is 1.50 bits per heavy atom. The lowest BCUT2D eigenvalue weighted by Crippen LogP contribution is -2.50. The predicted molar refractivity (Wildman–Crippen MR) is 83.7 cm³/mol. The van der Waals surface area contributed by atoms with Gasteiger partial charge in [-0.3, -0.25) is 9.69 Å². The van der Waals surface area contributed by atoms with E-state index in [-0.39, 0.29) is 37.1 Å². The Hall–Kier alpha value is -2.71. The van der Waals surface area contributed by atoms with Crippen LogP contribution >= 0.6 is 0 Å². The van der Waals surface area contributed by atoms with Gasteiger partial charge in [-0.05, 0) is 28.3 Å². The Balaban J connectivity index is 2.37. The first-order valence-corrected chi connectivity index (χ1v) is 7.62. The SMILES string of the molecule is CCC(C(=O)OCC(C)C)N1C(=O)COc2ccc([N+](=O)[O-])nc21. The van der Waals surface area contributed by atoms with Gasteiger partial charge in [0, 0.05) is 6.07 Å². The van der Waals surface area contributed by atoms with Gasteiger partial charge in [0.2, 0.25) is 0 Å². The van der Waals surface area contributed by atoms with E-state index in [1.165, 1.54) is 12.1 Å². The highest BCUT2D eigenvalue weighted by atomic mass is 16.6. The third kappa shape index (κ3) is 3.61. The molecule has 1 atom stereocenters. The number of hydrogen-bond donors (Lipinski definition) is 0. The second-order valence-electron chi connectivity index (χ2n) is 5.75.